The maximum absolute atomic E-state index is 11.8. The van der Waals surface area contributed by atoms with Gasteiger partial charge in [-0.05, 0) is 17.7 Å². The van der Waals surface area contributed by atoms with Crippen molar-refractivity contribution in [2.75, 3.05) is 0 Å². The summed E-state index contributed by atoms with van der Waals surface area (Å²) in [5.41, 5.74) is 1.08. The van der Waals surface area contributed by atoms with Gasteiger partial charge < -0.3 is 15.2 Å². The van der Waals surface area contributed by atoms with Gasteiger partial charge in [0.1, 0.15) is 6.61 Å². The van der Waals surface area contributed by atoms with E-state index in [9.17, 15) is 14.7 Å². The highest BCUT2D eigenvalue weighted by Crippen LogP contribution is 2.26. The fraction of sp³-hybridized carbons (Fsp3) is 0.125. The van der Waals surface area contributed by atoms with Crippen LogP contribution in [0.5, 0.6) is 0 Å². The number of benzene rings is 2. The van der Waals surface area contributed by atoms with Crippen LogP contribution in [-0.4, -0.2) is 17.2 Å². The van der Waals surface area contributed by atoms with E-state index in [2.05, 4.69) is 21.2 Å². The SMILES string of the molecule is O=C(NC(C(=O)O)c1ccc(Br)cc1Cl)OCc1ccccc1. The number of carboxylic acids is 1. The molecule has 0 saturated heterocycles. The summed E-state index contributed by atoms with van der Waals surface area (Å²) >= 11 is 9.28. The van der Waals surface area contributed by atoms with E-state index in [1.165, 1.54) is 6.07 Å². The van der Waals surface area contributed by atoms with Crippen molar-refractivity contribution >= 4 is 39.6 Å². The van der Waals surface area contributed by atoms with E-state index in [0.717, 1.165) is 5.56 Å². The van der Waals surface area contributed by atoms with Crippen molar-refractivity contribution in [2.24, 2.45) is 0 Å². The van der Waals surface area contributed by atoms with E-state index in [0.29, 0.717) is 4.47 Å². The van der Waals surface area contributed by atoms with Gasteiger partial charge in [0.05, 0.1) is 0 Å². The molecule has 1 atom stereocenters. The second-order valence-corrected chi connectivity index (χ2v) is 5.97. The number of hydrogen-bond acceptors (Lipinski definition) is 3. The summed E-state index contributed by atoms with van der Waals surface area (Å²) < 4.78 is 5.74. The van der Waals surface area contributed by atoms with Crippen LogP contribution in [0.4, 0.5) is 4.79 Å². The Morgan fingerprint density at radius 3 is 2.52 bits per heavy atom. The molecule has 0 aliphatic carbocycles. The molecule has 0 spiro atoms. The summed E-state index contributed by atoms with van der Waals surface area (Å²) in [6, 6.07) is 12.5. The molecule has 7 heteroatoms. The molecule has 0 radical (unpaired) electrons. The van der Waals surface area contributed by atoms with E-state index in [1.807, 2.05) is 18.2 Å². The zero-order valence-corrected chi connectivity index (χ0v) is 14.2. The molecular weight excluding hydrogens is 386 g/mol. The first-order valence-electron chi connectivity index (χ1n) is 6.62. The number of rotatable bonds is 5. The number of hydrogen-bond donors (Lipinski definition) is 2. The van der Waals surface area contributed by atoms with Crippen molar-refractivity contribution in [1.29, 1.82) is 0 Å². The third kappa shape index (κ3) is 4.97. The number of ether oxygens (including phenoxy) is 1. The second-order valence-electron chi connectivity index (χ2n) is 4.64. The fourth-order valence-electron chi connectivity index (χ4n) is 1.89. The van der Waals surface area contributed by atoms with Crippen molar-refractivity contribution in [2.45, 2.75) is 12.6 Å². The summed E-state index contributed by atoms with van der Waals surface area (Å²) in [4.78, 5) is 23.2. The Morgan fingerprint density at radius 2 is 1.91 bits per heavy atom. The fourth-order valence-corrected chi connectivity index (χ4v) is 2.67. The number of amides is 1. The van der Waals surface area contributed by atoms with Crippen LogP contribution in [0, 0.1) is 0 Å². The maximum atomic E-state index is 11.8. The van der Waals surface area contributed by atoms with Crippen LogP contribution in [0.15, 0.2) is 53.0 Å². The lowest BCUT2D eigenvalue weighted by Gasteiger charge is -2.16. The van der Waals surface area contributed by atoms with Crippen molar-refractivity contribution in [1.82, 2.24) is 5.32 Å². The summed E-state index contributed by atoms with van der Waals surface area (Å²) in [5, 5.41) is 11.8. The Hall–Kier alpha value is -2.05. The van der Waals surface area contributed by atoms with Gasteiger partial charge in [-0.3, -0.25) is 0 Å². The Bertz CT molecular complexity index is 708. The number of carboxylic acid groups (broad SMARTS) is 1. The average Bonchev–Trinajstić information content (AvgIpc) is 2.52. The van der Waals surface area contributed by atoms with Gasteiger partial charge >= 0.3 is 12.1 Å². The molecule has 0 aliphatic heterocycles. The van der Waals surface area contributed by atoms with Gasteiger partial charge in [0, 0.05) is 15.1 Å². The predicted octanol–water partition coefficient (Wildman–Crippen LogP) is 4.15. The van der Waals surface area contributed by atoms with Gasteiger partial charge in [0.2, 0.25) is 0 Å². The molecule has 2 N–H and O–H groups in total. The number of aliphatic carboxylic acids is 1. The molecule has 0 saturated carbocycles. The molecule has 23 heavy (non-hydrogen) atoms. The number of carbonyl (C=O) groups is 2. The lowest BCUT2D eigenvalue weighted by molar-refractivity contribution is -0.139. The minimum absolute atomic E-state index is 0.0487. The Kier molecular flexibility index (Phi) is 6.01. The summed E-state index contributed by atoms with van der Waals surface area (Å²) in [6.45, 7) is 0.0487. The van der Waals surface area contributed by atoms with Crippen molar-refractivity contribution in [3.63, 3.8) is 0 Å². The van der Waals surface area contributed by atoms with Gasteiger partial charge in [0.15, 0.2) is 6.04 Å². The molecule has 5 nitrogen and oxygen atoms in total. The molecule has 1 amide bonds. The van der Waals surface area contributed by atoms with Gasteiger partial charge in [-0.1, -0.05) is 63.9 Å². The first kappa shape index (κ1) is 17.3. The van der Waals surface area contributed by atoms with Crippen LogP contribution < -0.4 is 5.32 Å². The van der Waals surface area contributed by atoms with Gasteiger partial charge in [-0.2, -0.15) is 0 Å². The van der Waals surface area contributed by atoms with E-state index in [-0.39, 0.29) is 17.2 Å². The van der Waals surface area contributed by atoms with Crippen molar-refractivity contribution in [3.05, 3.63) is 69.2 Å². The van der Waals surface area contributed by atoms with E-state index in [4.69, 9.17) is 16.3 Å². The molecule has 2 rings (SSSR count). The minimum atomic E-state index is -1.29. The second kappa shape index (κ2) is 7.99. The van der Waals surface area contributed by atoms with Crippen LogP contribution >= 0.6 is 27.5 Å². The van der Waals surface area contributed by atoms with Crippen molar-refractivity contribution < 1.29 is 19.4 Å². The summed E-state index contributed by atoms with van der Waals surface area (Å²) in [6.07, 6.45) is -0.833. The number of nitrogens with one attached hydrogen (secondary N) is 1. The third-order valence-corrected chi connectivity index (χ3v) is 3.82. The number of alkyl carbamates (subject to hydrolysis) is 1. The lowest BCUT2D eigenvalue weighted by atomic mass is 10.1. The van der Waals surface area contributed by atoms with E-state index >= 15 is 0 Å². The van der Waals surface area contributed by atoms with Crippen LogP contribution in [0.1, 0.15) is 17.2 Å². The van der Waals surface area contributed by atoms with Gasteiger partial charge in [-0.15, -0.1) is 0 Å². The Labute approximate surface area is 146 Å². The first-order valence-corrected chi connectivity index (χ1v) is 7.79. The van der Waals surface area contributed by atoms with Crippen LogP contribution in [0.2, 0.25) is 5.02 Å². The summed E-state index contributed by atoms with van der Waals surface area (Å²) in [5.74, 6) is -1.23. The quantitative estimate of drug-likeness (QED) is 0.793. The molecule has 0 bridgehead atoms. The number of carbonyl (C=O) groups excluding carboxylic acids is 1. The van der Waals surface area contributed by atoms with E-state index in [1.54, 1.807) is 24.3 Å². The minimum Gasteiger partial charge on any atom is -0.479 e. The maximum Gasteiger partial charge on any atom is 0.408 e. The molecular formula is C16H13BrClNO4. The standard InChI is InChI=1S/C16H13BrClNO4/c17-11-6-7-12(13(18)8-11)14(15(20)21)19-16(22)23-9-10-4-2-1-3-5-10/h1-8,14H,9H2,(H,19,22)(H,20,21). The molecule has 0 aromatic heterocycles. The first-order chi connectivity index (χ1) is 11.0. The molecule has 0 aliphatic rings. The van der Waals surface area contributed by atoms with Gasteiger partial charge in [-0.25, -0.2) is 9.59 Å². The topological polar surface area (TPSA) is 75.6 Å². The third-order valence-electron chi connectivity index (χ3n) is 3.00. The highest BCUT2D eigenvalue weighted by Gasteiger charge is 2.25. The molecule has 120 valence electrons. The smallest absolute Gasteiger partial charge is 0.408 e. The normalized spacial score (nSPS) is 11.6. The Morgan fingerprint density at radius 1 is 1.22 bits per heavy atom. The average molecular weight is 399 g/mol. The highest BCUT2D eigenvalue weighted by atomic mass is 79.9. The molecule has 0 fully saturated rings. The zero-order valence-electron chi connectivity index (χ0n) is 11.8. The molecule has 2 aromatic carbocycles. The Balaban J connectivity index is 2.04. The summed E-state index contributed by atoms with van der Waals surface area (Å²) in [7, 11) is 0. The zero-order chi connectivity index (χ0) is 16.8. The van der Waals surface area contributed by atoms with Crippen LogP contribution in [0.25, 0.3) is 0 Å². The monoisotopic (exact) mass is 397 g/mol. The van der Waals surface area contributed by atoms with E-state index < -0.39 is 18.1 Å². The molecule has 2 aromatic rings. The number of halogens is 2. The largest absolute Gasteiger partial charge is 0.479 e. The predicted molar refractivity (Wildman–Crippen MR) is 89.3 cm³/mol. The highest BCUT2D eigenvalue weighted by molar-refractivity contribution is 9.10. The molecule has 0 heterocycles. The van der Waals surface area contributed by atoms with Gasteiger partial charge in [0.25, 0.3) is 0 Å². The van der Waals surface area contributed by atoms with Crippen molar-refractivity contribution in [3.8, 4) is 0 Å². The van der Waals surface area contributed by atoms with Crippen LogP contribution in [0.3, 0.4) is 0 Å². The molecule has 1 unspecified atom stereocenters. The lowest BCUT2D eigenvalue weighted by Crippen LogP contribution is -2.34. The van der Waals surface area contributed by atoms with Crippen LogP contribution in [-0.2, 0) is 16.1 Å².